The molecule has 0 aromatic heterocycles. The lowest BCUT2D eigenvalue weighted by Gasteiger charge is -2.33. The van der Waals surface area contributed by atoms with Crippen molar-refractivity contribution in [2.45, 2.75) is 32.6 Å². The summed E-state index contributed by atoms with van der Waals surface area (Å²) in [7, 11) is -3.76. The lowest BCUT2D eigenvalue weighted by Crippen LogP contribution is -2.47. The molecule has 0 saturated carbocycles. The fourth-order valence-electron chi connectivity index (χ4n) is 4.53. The molecule has 0 heterocycles. The highest BCUT2D eigenvalue weighted by molar-refractivity contribution is 7.88. The van der Waals surface area contributed by atoms with Crippen LogP contribution in [-0.2, 0) is 39.2 Å². The first-order chi connectivity index (χ1) is 20.1. The maximum Gasteiger partial charge on any atom is 0.247 e. The average molecular weight is 604 g/mol. The number of sulfonamides is 1. The minimum absolute atomic E-state index is 0.0236. The third-order valence-corrected chi connectivity index (χ3v) is 8.28. The zero-order valence-corrected chi connectivity index (χ0v) is 25.2. The van der Waals surface area contributed by atoms with Crippen molar-refractivity contribution >= 4 is 33.4 Å². The molecule has 42 heavy (non-hydrogen) atoms. The molecular weight excluding hydrogens is 570 g/mol. The molecule has 9 heteroatoms. The van der Waals surface area contributed by atoms with Crippen molar-refractivity contribution in [3.63, 3.8) is 0 Å². The molecule has 1 unspecified atom stereocenters. The summed E-state index contributed by atoms with van der Waals surface area (Å²) in [6, 6.07) is 31.9. The number of benzene rings is 4. The summed E-state index contributed by atoms with van der Waals surface area (Å²) < 4.78 is 26.7. The van der Waals surface area contributed by atoms with E-state index in [4.69, 9.17) is 11.6 Å². The van der Waals surface area contributed by atoms with Crippen LogP contribution >= 0.6 is 11.6 Å². The second-order valence-electron chi connectivity index (χ2n) is 10.2. The molecule has 4 aromatic carbocycles. The molecule has 7 nitrogen and oxygen atoms in total. The predicted octanol–water partition coefficient (Wildman–Crippen LogP) is 5.50. The van der Waals surface area contributed by atoms with E-state index in [1.807, 2.05) is 55.5 Å². The van der Waals surface area contributed by atoms with Gasteiger partial charge >= 0.3 is 0 Å². The molecule has 0 aliphatic heterocycles. The van der Waals surface area contributed by atoms with E-state index in [2.05, 4.69) is 5.32 Å². The van der Waals surface area contributed by atoms with E-state index in [0.29, 0.717) is 10.6 Å². The van der Waals surface area contributed by atoms with Gasteiger partial charge in [-0.2, -0.15) is 4.31 Å². The van der Waals surface area contributed by atoms with Crippen LogP contribution in [0.2, 0.25) is 5.02 Å². The van der Waals surface area contributed by atoms with Crippen LogP contribution in [0, 0.1) is 6.92 Å². The summed E-state index contributed by atoms with van der Waals surface area (Å²) >= 11 is 6.11. The Labute approximate surface area is 252 Å². The van der Waals surface area contributed by atoms with Crippen LogP contribution in [0.4, 0.5) is 0 Å². The molecule has 0 saturated heterocycles. The van der Waals surface area contributed by atoms with Crippen LogP contribution in [0.5, 0.6) is 0 Å². The van der Waals surface area contributed by atoms with Gasteiger partial charge in [0.25, 0.3) is 0 Å². The van der Waals surface area contributed by atoms with E-state index in [1.54, 1.807) is 60.7 Å². The smallest absolute Gasteiger partial charge is 0.247 e. The Balaban J connectivity index is 1.69. The Bertz CT molecular complexity index is 1580. The molecule has 4 rings (SSSR count). The van der Waals surface area contributed by atoms with E-state index >= 15 is 0 Å². The van der Waals surface area contributed by atoms with Gasteiger partial charge in [0.05, 0.1) is 12.8 Å². The number of halogens is 1. The maximum absolute atomic E-state index is 14.1. The average Bonchev–Trinajstić information content (AvgIpc) is 2.98. The number of amides is 2. The quantitative estimate of drug-likeness (QED) is 0.232. The van der Waals surface area contributed by atoms with Crippen molar-refractivity contribution in [2.75, 3.05) is 12.8 Å². The lowest BCUT2D eigenvalue weighted by atomic mass is 10.0. The lowest BCUT2D eigenvalue weighted by molar-refractivity contribution is -0.141. The Morgan fingerprint density at radius 2 is 1.31 bits per heavy atom. The monoisotopic (exact) mass is 603 g/mol. The summed E-state index contributed by atoms with van der Waals surface area (Å²) in [5.41, 5.74) is 4.12. The van der Waals surface area contributed by atoms with Crippen molar-refractivity contribution in [1.82, 2.24) is 14.5 Å². The minimum Gasteiger partial charge on any atom is -0.350 e. The number of nitrogens with zero attached hydrogens (tertiary/aromatic N) is 2. The summed E-state index contributed by atoms with van der Waals surface area (Å²) in [4.78, 5) is 29.4. The minimum atomic E-state index is -3.76. The highest BCUT2D eigenvalue weighted by Gasteiger charge is 2.33. The van der Waals surface area contributed by atoms with Gasteiger partial charge in [0, 0.05) is 24.7 Å². The largest absolute Gasteiger partial charge is 0.350 e. The van der Waals surface area contributed by atoms with Crippen LogP contribution in [0.25, 0.3) is 0 Å². The standard InChI is InChI=1S/C33H34ClN3O4S/c1-25-13-15-26(16-14-25)21-35-33(39)32(29-11-7-4-8-12-29)37(23-28-17-19-30(34)20-18-28)31(38)24-36(42(2,40)41)22-27-9-5-3-6-10-27/h3-20,32H,21-24H2,1-2H3,(H,35,39). The molecule has 0 fully saturated rings. The highest BCUT2D eigenvalue weighted by Crippen LogP contribution is 2.25. The molecule has 4 aromatic rings. The first-order valence-corrected chi connectivity index (χ1v) is 15.7. The van der Waals surface area contributed by atoms with E-state index < -0.39 is 28.5 Å². The van der Waals surface area contributed by atoms with Crippen molar-refractivity contribution in [2.24, 2.45) is 0 Å². The molecule has 2 amide bonds. The fraction of sp³-hybridized carbons (Fsp3) is 0.212. The number of nitrogens with one attached hydrogen (secondary N) is 1. The van der Waals surface area contributed by atoms with Crippen molar-refractivity contribution < 1.29 is 18.0 Å². The summed E-state index contributed by atoms with van der Waals surface area (Å²) in [5.74, 6) is -0.885. The molecule has 1 atom stereocenters. The molecule has 0 aliphatic rings. The number of aryl methyl sites for hydroxylation is 1. The van der Waals surface area contributed by atoms with Gasteiger partial charge in [-0.3, -0.25) is 9.59 Å². The third kappa shape index (κ3) is 8.76. The number of hydrogen-bond acceptors (Lipinski definition) is 4. The molecule has 1 N–H and O–H groups in total. The third-order valence-electron chi connectivity index (χ3n) is 6.83. The molecule has 0 spiro atoms. The Morgan fingerprint density at radius 1 is 0.762 bits per heavy atom. The number of carbonyl (C=O) groups is 2. The summed E-state index contributed by atoms with van der Waals surface area (Å²) in [5, 5.41) is 3.52. The van der Waals surface area contributed by atoms with Gasteiger partial charge in [-0.15, -0.1) is 0 Å². The zero-order chi connectivity index (χ0) is 30.1. The fourth-order valence-corrected chi connectivity index (χ4v) is 5.38. The van der Waals surface area contributed by atoms with Gasteiger partial charge in [0.15, 0.2) is 0 Å². The number of rotatable bonds is 12. The van der Waals surface area contributed by atoms with Crippen LogP contribution in [0.3, 0.4) is 0 Å². The molecule has 0 radical (unpaired) electrons. The molecular formula is C33H34ClN3O4S. The normalized spacial score (nSPS) is 12.1. The summed E-state index contributed by atoms with van der Waals surface area (Å²) in [6.45, 7) is 1.92. The van der Waals surface area contributed by atoms with E-state index in [1.165, 1.54) is 4.90 Å². The second kappa shape index (κ2) is 14.3. The molecule has 218 valence electrons. The Kier molecular flexibility index (Phi) is 10.5. The van der Waals surface area contributed by atoms with Gasteiger partial charge in [-0.25, -0.2) is 8.42 Å². The zero-order valence-electron chi connectivity index (χ0n) is 23.6. The highest BCUT2D eigenvalue weighted by atomic mass is 35.5. The van der Waals surface area contributed by atoms with E-state index in [0.717, 1.165) is 32.8 Å². The summed E-state index contributed by atoms with van der Waals surface area (Å²) in [6.07, 6.45) is 1.08. The van der Waals surface area contributed by atoms with Crippen molar-refractivity contribution in [3.8, 4) is 0 Å². The first-order valence-electron chi connectivity index (χ1n) is 13.5. The Morgan fingerprint density at radius 3 is 1.90 bits per heavy atom. The van der Waals surface area contributed by atoms with Crippen LogP contribution in [0.1, 0.15) is 33.9 Å². The second-order valence-corrected chi connectivity index (χ2v) is 12.6. The Hall–Kier alpha value is -3.98. The molecule has 0 aliphatic carbocycles. The van der Waals surface area contributed by atoms with Crippen LogP contribution in [-0.4, -0.2) is 42.2 Å². The van der Waals surface area contributed by atoms with Gasteiger partial charge in [0.2, 0.25) is 21.8 Å². The van der Waals surface area contributed by atoms with Crippen molar-refractivity contribution in [1.29, 1.82) is 0 Å². The van der Waals surface area contributed by atoms with E-state index in [9.17, 15) is 18.0 Å². The van der Waals surface area contributed by atoms with Crippen molar-refractivity contribution in [3.05, 3.63) is 142 Å². The number of carbonyl (C=O) groups excluding carboxylic acids is 2. The first kappa shape index (κ1) is 31.0. The molecule has 0 bridgehead atoms. The van der Waals surface area contributed by atoms with Crippen LogP contribution in [0.15, 0.2) is 109 Å². The topological polar surface area (TPSA) is 86.8 Å². The van der Waals surface area contributed by atoms with Gasteiger partial charge < -0.3 is 10.2 Å². The van der Waals surface area contributed by atoms with Crippen LogP contribution < -0.4 is 5.32 Å². The maximum atomic E-state index is 14.1. The van der Waals surface area contributed by atoms with Gasteiger partial charge in [0.1, 0.15) is 6.04 Å². The van der Waals surface area contributed by atoms with Gasteiger partial charge in [-0.05, 0) is 41.3 Å². The predicted molar refractivity (Wildman–Crippen MR) is 166 cm³/mol. The SMILES string of the molecule is Cc1ccc(CNC(=O)C(c2ccccc2)N(Cc2ccc(Cl)cc2)C(=O)CN(Cc2ccccc2)S(C)(=O)=O)cc1. The van der Waals surface area contributed by atoms with Gasteiger partial charge in [-0.1, -0.05) is 114 Å². The van der Waals surface area contributed by atoms with E-state index in [-0.39, 0.29) is 25.5 Å². The number of hydrogen-bond donors (Lipinski definition) is 1.